The van der Waals surface area contributed by atoms with Gasteiger partial charge in [0, 0.05) is 39.3 Å². The third kappa shape index (κ3) is 4.90. The van der Waals surface area contributed by atoms with Crippen molar-refractivity contribution in [1.29, 1.82) is 0 Å². The number of allylic oxidation sites excluding steroid dienone is 1. The maximum absolute atomic E-state index is 14.2. The van der Waals surface area contributed by atoms with E-state index in [4.69, 9.17) is 26.1 Å². The Labute approximate surface area is 241 Å². The number of methoxy groups -OCH3 is 1. The van der Waals surface area contributed by atoms with Gasteiger partial charge >= 0.3 is 5.97 Å². The fourth-order valence-electron chi connectivity index (χ4n) is 5.25. The second kappa shape index (κ2) is 11.5. The molecule has 0 aliphatic carbocycles. The summed E-state index contributed by atoms with van der Waals surface area (Å²) < 4.78 is 15.5. The molecule has 0 spiro atoms. The first-order valence-corrected chi connectivity index (χ1v) is 14.6. The minimum Gasteiger partial charge on any atom is -0.496 e. The van der Waals surface area contributed by atoms with E-state index in [-0.39, 0.29) is 18.2 Å². The lowest BCUT2D eigenvalue weighted by Crippen LogP contribution is -2.40. The predicted molar refractivity (Wildman–Crippen MR) is 160 cm³/mol. The molecule has 0 unspecified atom stereocenters. The average Bonchev–Trinajstić information content (AvgIpc) is 3.46. The Morgan fingerprint density at radius 2 is 1.98 bits per heavy atom. The summed E-state index contributed by atoms with van der Waals surface area (Å²) in [6.45, 7) is 8.25. The topological polar surface area (TPSA) is 74.8 Å². The number of thiazole rings is 1. The largest absolute Gasteiger partial charge is 0.496 e. The molecule has 2 aromatic carbocycles. The molecular weight excluding hydrogens is 546 g/mol. The van der Waals surface area contributed by atoms with Crippen LogP contribution in [0.25, 0.3) is 17.0 Å². The average molecular weight is 578 g/mol. The van der Waals surface area contributed by atoms with E-state index in [0.29, 0.717) is 43.4 Å². The maximum Gasteiger partial charge on any atom is 0.338 e. The van der Waals surface area contributed by atoms with Gasteiger partial charge in [-0.1, -0.05) is 54.5 Å². The Morgan fingerprint density at radius 3 is 2.67 bits per heavy atom. The molecule has 7 nitrogen and oxygen atoms in total. The van der Waals surface area contributed by atoms with Crippen LogP contribution >= 0.6 is 22.9 Å². The molecule has 0 radical (unpaired) electrons. The van der Waals surface area contributed by atoms with Crippen LogP contribution in [0.4, 0.5) is 0 Å². The summed E-state index contributed by atoms with van der Waals surface area (Å²) in [5.74, 6) is 0.0135. The number of carbonyl (C=O) groups excluding carboxylic acids is 1. The molecule has 0 amide bonds. The van der Waals surface area contributed by atoms with Gasteiger partial charge in [0.05, 0.1) is 29.5 Å². The van der Waals surface area contributed by atoms with E-state index in [2.05, 4.69) is 36.7 Å². The minimum absolute atomic E-state index is 0.200. The van der Waals surface area contributed by atoms with Gasteiger partial charge in [-0.25, -0.2) is 9.79 Å². The number of carbonyl (C=O) groups is 1. The standard InChI is InChI=1S/C31H32ClN3O4S/c1-6-10-23-27(30(37)39-7-2)28(22-16-20(32)13-14-25(22)38-5)35-29(36)26(40-31(35)33-23)15-19-17-34(18(3)4)24-12-9-8-11-21(19)24/h8-9,11-18,28H,6-7,10H2,1-5H3/b26-15+/t28-/m0/s1. The van der Waals surface area contributed by atoms with Crippen molar-refractivity contribution in [1.82, 2.24) is 9.13 Å². The van der Waals surface area contributed by atoms with Crippen molar-refractivity contribution in [3.8, 4) is 5.75 Å². The summed E-state index contributed by atoms with van der Waals surface area (Å²) in [5.41, 5.74) is 3.36. The van der Waals surface area contributed by atoms with E-state index in [1.165, 1.54) is 11.3 Å². The van der Waals surface area contributed by atoms with Crippen LogP contribution in [0.2, 0.25) is 5.02 Å². The number of nitrogens with zero attached hydrogens (tertiary/aromatic N) is 3. The molecule has 40 heavy (non-hydrogen) atoms. The van der Waals surface area contributed by atoms with Gasteiger partial charge in [0.25, 0.3) is 5.56 Å². The monoisotopic (exact) mass is 577 g/mol. The number of halogens is 1. The lowest BCUT2D eigenvalue weighted by Gasteiger charge is -2.27. The molecule has 0 fully saturated rings. The van der Waals surface area contributed by atoms with Crippen molar-refractivity contribution < 1.29 is 14.3 Å². The van der Waals surface area contributed by atoms with Gasteiger partial charge in [-0.3, -0.25) is 9.36 Å². The third-order valence-corrected chi connectivity index (χ3v) is 8.21. The van der Waals surface area contributed by atoms with Crippen LogP contribution in [-0.2, 0) is 9.53 Å². The van der Waals surface area contributed by atoms with Gasteiger partial charge in [0.1, 0.15) is 11.8 Å². The third-order valence-electron chi connectivity index (χ3n) is 6.99. The normalized spacial score (nSPS) is 15.5. The summed E-state index contributed by atoms with van der Waals surface area (Å²) in [4.78, 5) is 33.0. The van der Waals surface area contributed by atoms with Crippen LogP contribution in [0.1, 0.15) is 63.7 Å². The number of hydrogen-bond acceptors (Lipinski definition) is 6. The Balaban J connectivity index is 1.82. The van der Waals surface area contributed by atoms with Crippen LogP contribution in [0.3, 0.4) is 0 Å². The minimum atomic E-state index is -0.801. The number of hydrogen-bond donors (Lipinski definition) is 0. The van der Waals surface area contributed by atoms with E-state index in [1.807, 2.05) is 25.1 Å². The number of aromatic nitrogens is 2. The Hall–Kier alpha value is -3.62. The van der Waals surface area contributed by atoms with Crippen molar-refractivity contribution in [2.24, 2.45) is 4.99 Å². The molecule has 9 heteroatoms. The predicted octanol–water partition coefficient (Wildman–Crippen LogP) is 5.78. The second-order valence-corrected chi connectivity index (χ2v) is 11.3. The first-order chi connectivity index (χ1) is 19.3. The molecule has 1 aliphatic heterocycles. The van der Waals surface area contributed by atoms with E-state index < -0.39 is 12.0 Å². The number of para-hydroxylation sites is 1. The molecule has 2 aromatic heterocycles. The zero-order valence-electron chi connectivity index (χ0n) is 23.2. The Bertz CT molecular complexity index is 1810. The number of fused-ring (bicyclic) bond motifs is 2. The van der Waals surface area contributed by atoms with Crippen molar-refractivity contribution in [3.05, 3.63) is 95.8 Å². The molecule has 1 aliphatic rings. The SMILES string of the molecule is CCCC1=C(C(=O)OCC)[C@H](c2cc(Cl)ccc2OC)n2c(s/c(=C/c3cn(C(C)C)c4ccccc34)c2=O)=N1. The molecule has 208 valence electrons. The van der Waals surface area contributed by atoms with E-state index in [0.717, 1.165) is 22.9 Å². The summed E-state index contributed by atoms with van der Waals surface area (Å²) >= 11 is 7.75. The van der Waals surface area contributed by atoms with Crippen molar-refractivity contribution in [2.75, 3.05) is 13.7 Å². The van der Waals surface area contributed by atoms with E-state index in [9.17, 15) is 9.59 Å². The van der Waals surface area contributed by atoms with E-state index in [1.54, 1.807) is 36.8 Å². The first-order valence-electron chi connectivity index (χ1n) is 13.4. The lowest BCUT2D eigenvalue weighted by atomic mass is 9.93. The van der Waals surface area contributed by atoms with Crippen molar-refractivity contribution >= 4 is 45.9 Å². The summed E-state index contributed by atoms with van der Waals surface area (Å²) in [6, 6.07) is 12.8. The fourth-order valence-corrected chi connectivity index (χ4v) is 6.44. The number of esters is 1. The van der Waals surface area contributed by atoms with Crippen LogP contribution in [0, 0.1) is 0 Å². The molecule has 0 bridgehead atoms. The van der Waals surface area contributed by atoms with Crippen LogP contribution in [-0.4, -0.2) is 28.8 Å². The number of benzene rings is 2. The Kier molecular flexibility index (Phi) is 8.01. The second-order valence-electron chi connectivity index (χ2n) is 9.90. The summed E-state index contributed by atoms with van der Waals surface area (Å²) in [6.07, 6.45) is 5.33. The van der Waals surface area contributed by atoms with Gasteiger partial charge < -0.3 is 14.0 Å². The molecule has 0 saturated heterocycles. The number of rotatable bonds is 8. The highest BCUT2D eigenvalue weighted by Crippen LogP contribution is 2.38. The Morgan fingerprint density at radius 1 is 1.20 bits per heavy atom. The van der Waals surface area contributed by atoms with Gasteiger partial charge in [-0.15, -0.1) is 0 Å². The van der Waals surface area contributed by atoms with Crippen molar-refractivity contribution in [3.63, 3.8) is 0 Å². The van der Waals surface area contributed by atoms with Crippen LogP contribution in [0.15, 0.2) is 69.7 Å². The lowest BCUT2D eigenvalue weighted by molar-refractivity contribution is -0.139. The highest BCUT2D eigenvalue weighted by Gasteiger charge is 2.36. The van der Waals surface area contributed by atoms with Crippen LogP contribution < -0.4 is 19.6 Å². The molecule has 3 heterocycles. The van der Waals surface area contributed by atoms with Gasteiger partial charge in [-0.2, -0.15) is 0 Å². The molecule has 4 aromatic rings. The van der Waals surface area contributed by atoms with Gasteiger partial charge in [-0.05, 0) is 57.5 Å². The summed E-state index contributed by atoms with van der Waals surface area (Å²) in [7, 11) is 1.56. The molecule has 1 atom stereocenters. The smallest absolute Gasteiger partial charge is 0.338 e. The zero-order chi connectivity index (χ0) is 28.6. The quantitative estimate of drug-likeness (QED) is 0.249. The summed E-state index contributed by atoms with van der Waals surface area (Å²) in [5, 5.41) is 1.53. The molecule has 0 saturated carbocycles. The maximum atomic E-state index is 14.2. The molecule has 5 rings (SSSR count). The number of ether oxygens (including phenoxy) is 2. The first kappa shape index (κ1) is 27.9. The highest BCUT2D eigenvalue weighted by atomic mass is 35.5. The highest BCUT2D eigenvalue weighted by molar-refractivity contribution is 7.07. The van der Waals surface area contributed by atoms with Gasteiger partial charge in [0.15, 0.2) is 4.80 Å². The van der Waals surface area contributed by atoms with Gasteiger partial charge in [0.2, 0.25) is 0 Å². The molecule has 0 N–H and O–H groups in total. The van der Waals surface area contributed by atoms with Crippen LogP contribution in [0.5, 0.6) is 5.75 Å². The van der Waals surface area contributed by atoms with Crippen molar-refractivity contribution in [2.45, 2.75) is 52.6 Å². The fraction of sp³-hybridized carbons (Fsp3) is 0.323. The zero-order valence-corrected chi connectivity index (χ0v) is 24.8. The van der Waals surface area contributed by atoms with E-state index >= 15 is 0 Å². The molecular formula is C31H32ClN3O4S.